The van der Waals surface area contributed by atoms with Gasteiger partial charge < -0.3 is 10.2 Å². The summed E-state index contributed by atoms with van der Waals surface area (Å²) in [4.78, 5) is 26.8. The van der Waals surface area contributed by atoms with E-state index >= 15 is 0 Å². The summed E-state index contributed by atoms with van der Waals surface area (Å²) in [5, 5.41) is 7.33. The van der Waals surface area contributed by atoms with Crippen LogP contribution in [0.2, 0.25) is 0 Å². The Morgan fingerprint density at radius 2 is 1.96 bits per heavy atom. The van der Waals surface area contributed by atoms with Gasteiger partial charge in [0, 0.05) is 43.0 Å². The predicted octanol–water partition coefficient (Wildman–Crippen LogP) is 1.84. The monoisotopic (exact) mass is 356 g/mol. The summed E-state index contributed by atoms with van der Waals surface area (Å²) < 4.78 is 14.7. The van der Waals surface area contributed by atoms with Crippen molar-refractivity contribution in [2.75, 3.05) is 13.1 Å². The van der Waals surface area contributed by atoms with Gasteiger partial charge in [-0.05, 0) is 43.5 Å². The van der Waals surface area contributed by atoms with Crippen LogP contribution in [-0.4, -0.2) is 45.1 Å². The van der Waals surface area contributed by atoms with Crippen LogP contribution < -0.4 is 5.32 Å². The maximum atomic E-state index is 13.0. The maximum absolute atomic E-state index is 13.0. The van der Waals surface area contributed by atoms with Crippen molar-refractivity contribution >= 4 is 11.8 Å². The van der Waals surface area contributed by atoms with Crippen LogP contribution in [0.25, 0.3) is 0 Å². The number of benzene rings is 1. The van der Waals surface area contributed by atoms with Crippen molar-refractivity contribution in [1.82, 2.24) is 20.0 Å². The second-order valence-corrected chi connectivity index (χ2v) is 7.27. The zero-order valence-electron chi connectivity index (χ0n) is 14.6. The molecule has 2 aliphatic rings. The lowest BCUT2D eigenvalue weighted by atomic mass is 9.82. The second kappa shape index (κ2) is 6.23. The number of piperidine rings is 1. The highest BCUT2D eigenvalue weighted by molar-refractivity contribution is 5.94. The molecule has 4 rings (SSSR count). The quantitative estimate of drug-likeness (QED) is 0.893. The van der Waals surface area contributed by atoms with Gasteiger partial charge in [0.25, 0.3) is 5.91 Å². The largest absolute Gasteiger partial charge is 0.350 e. The van der Waals surface area contributed by atoms with Crippen molar-refractivity contribution in [3.63, 3.8) is 0 Å². The summed E-state index contributed by atoms with van der Waals surface area (Å²) in [5.74, 6) is -0.582. The highest BCUT2D eigenvalue weighted by Gasteiger charge is 2.47. The van der Waals surface area contributed by atoms with Gasteiger partial charge in [0.2, 0.25) is 5.91 Å². The van der Waals surface area contributed by atoms with Crippen LogP contribution >= 0.6 is 0 Å². The number of amides is 2. The number of nitrogens with one attached hydrogen (secondary N) is 1. The maximum Gasteiger partial charge on any atom is 0.253 e. The van der Waals surface area contributed by atoms with Crippen molar-refractivity contribution in [3.8, 4) is 0 Å². The Morgan fingerprint density at radius 1 is 1.27 bits per heavy atom. The fourth-order valence-corrected chi connectivity index (χ4v) is 4.01. The van der Waals surface area contributed by atoms with Gasteiger partial charge in [-0.1, -0.05) is 0 Å². The van der Waals surface area contributed by atoms with Gasteiger partial charge in [0.1, 0.15) is 5.82 Å². The van der Waals surface area contributed by atoms with E-state index in [1.165, 1.54) is 24.3 Å². The van der Waals surface area contributed by atoms with Crippen LogP contribution in [0.4, 0.5) is 4.39 Å². The first kappa shape index (κ1) is 16.8. The number of hydrogen-bond donors (Lipinski definition) is 1. The molecule has 2 aromatic rings. The Balaban J connectivity index is 1.42. The van der Waals surface area contributed by atoms with Crippen LogP contribution in [0.1, 0.15) is 41.1 Å². The van der Waals surface area contributed by atoms with Crippen LogP contribution in [0.5, 0.6) is 0 Å². The first-order valence-electron chi connectivity index (χ1n) is 8.81. The molecular weight excluding hydrogens is 335 g/mol. The number of carbonyl (C=O) groups excluding carboxylic acids is 2. The molecule has 0 unspecified atom stereocenters. The van der Waals surface area contributed by atoms with E-state index in [9.17, 15) is 14.0 Å². The lowest BCUT2D eigenvalue weighted by Crippen LogP contribution is -2.52. The zero-order chi connectivity index (χ0) is 18.3. The van der Waals surface area contributed by atoms with Gasteiger partial charge in [0.05, 0.1) is 12.1 Å². The van der Waals surface area contributed by atoms with E-state index in [4.69, 9.17) is 0 Å². The molecule has 26 heavy (non-hydrogen) atoms. The summed E-state index contributed by atoms with van der Waals surface area (Å²) in [6.07, 6.45) is 5.81. The van der Waals surface area contributed by atoms with Crippen molar-refractivity contribution in [3.05, 3.63) is 53.6 Å². The molecule has 2 aliphatic heterocycles. The Hall–Kier alpha value is -2.70. The molecule has 1 spiro atoms. The highest BCUT2D eigenvalue weighted by Crippen LogP contribution is 2.39. The molecule has 7 heteroatoms. The van der Waals surface area contributed by atoms with E-state index in [0.717, 1.165) is 24.8 Å². The molecule has 0 radical (unpaired) electrons. The van der Waals surface area contributed by atoms with Gasteiger partial charge >= 0.3 is 0 Å². The molecule has 2 amide bonds. The van der Waals surface area contributed by atoms with Gasteiger partial charge in [0.15, 0.2) is 0 Å². The van der Waals surface area contributed by atoms with E-state index in [1.807, 2.05) is 13.2 Å². The summed E-state index contributed by atoms with van der Waals surface area (Å²) >= 11 is 0. The van der Waals surface area contributed by atoms with Crippen molar-refractivity contribution in [2.45, 2.75) is 30.7 Å². The fourth-order valence-electron chi connectivity index (χ4n) is 4.01. The molecule has 6 nitrogen and oxygen atoms in total. The molecule has 2 fully saturated rings. The average Bonchev–Trinajstić information content (AvgIpc) is 3.19. The lowest BCUT2D eigenvalue weighted by molar-refractivity contribution is -0.121. The summed E-state index contributed by atoms with van der Waals surface area (Å²) in [5.41, 5.74) is 1.18. The summed E-state index contributed by atoms with van der Waals surface area (Å²) in [7, 11) is 1.84. The van der Waals surface area contributed by atoms with Gasteiger partial charge in [-0.2, -0.15) is 5.10 Å². The number of carbonyl (C=O) groups is 2. The minimum Gasteiger partial charge on any atom is -0.350 e. The molecule has 136 valence electrons. The van der Waals surface area contributed by atoms with Crippen molar-refractivity contribution in [1.29, 1.82) is 0 Å². The lowest BCUT2D eigenvalue weighted by Gasteiger charge is -2.39. The topological polar surface area (TPSA) is 67.2 Å². The second-order valence-electron chi connectivity index (χ2n) is 7.27. The minimum absolute atomic E-state index is 0.0383. The van der Waals surface area contributed by atoms with Gasteiger partial charge in [-0.25, -0.2) is 4.39 Å². The standard InChI is InChI=1S/C19H21FN4O2/c1-23-12-14(11-21-23)16-10-19(22-17(16)25)6-8-24(9-7-19)18(26)13-2-4-15(20)5-3-13/h2-5,11-12,16H,6-10H2,1H3,(H,22,25)/t16-/m1/s1. The first-order valence-corrected chi connectivity index (χ1v) is 8.81. The number of aryl methyl sites for hydroxylation is 1. The van der Waals surface area contributed by atoms with E-state index in [0.29, 0.717) is 18.7 Å². The van der Waals surface area contributed by atoms with Crippen molar-refractivity contribution < 1.29 is 14.0 Å². The van der Waals surface area contributed by atoms with Crippen LogP contribution in [0.15, 0.2) is 36.7 Å². The predicted molar refractivity (Wildman–Crippen MR) is 93.0 cm³/mol. The van der Waals surface area contributed by atoms with Crippen LogP contribution in [0.3, 0.4) is 0 Å². The molecule has 1 aromatic heterocycles. The van der Waals surface area contributed by atoms with Crippen LogP contribution in [-0.2, 0) is 11.8 Å². The Bertz CT molecular complexity index is 837. The zero-order valence-corrected chi connectivity index (χ0v) is 14.6. The Labute approximate surface area is 151 Å². The SMILES string of the molecule is Cn1cc([C@H]2CC3(CCN(C(=O)c4ccc(F)cc4)CC3)NC2=O)cn1. The number of hydrogen-bond acceptors (Lipinski definition) is 3. The molecule has 1 N–H and O–H groups in total. The molecular formula is C19H21FN4O2. The number of nitrogens with zero attached hydrogens (tertiary/aromatic N) is 3. The number of halogens is 1. The van der Waals surface area contributed by atoms with E-state index < -0.39 is 0 Å². The average molecular weight is 356 g/mol. The third-order valence-electron chi connectivity index (χ3n) is 5.53. The van der Waals surface area contributed by atoms with E-state index in [-0.39, 0.29) is 29.1 Å². The molecule has 0 bridgehead atoms. The molecule has 0 saturated carbocycles. The number of rotatable bonds is 2. The summed E-state index contributed by atoms with van der Waals surface area (Å²) in [6, 6.07) is 5.62. The third kappa shape index (κ3) is 2.98. The number of likely N-dealkylation sites (tertiary alicyclic amines) is 1. The molecule has 1 atom stereocenters. The number of aromatic nitrogens is 2. The van der Waals surface area contributed by atoms with Crippen LogP contribution in [0, 0.1) is 5.82 Å². The van der Waals surface area contributed by atoms with E-state index in [2.05, 4.69) is 10.4 Å². The fraction of sp³-hybridized carbons (Fsp3) is 0.421. The Morgan fingerprint density at radius 3 is 2.58 bits per heavy atom. The van der Waals surface area contributed by atoms with Gasteiger partial charge in [-0.15, -0.1) is 0 Å². The minimum atomic E-state index is -0.353. The van der Waals surface area contributed by atoms with Crippen molar-refractivity contribution in [2.24, 2.45) is 7.05 Å². The van der Waals surface area contributed by atoms with E-state index in [1.54, 1.807) is 15.8 Å². The third-order valence-corrected chi connectivity index (χ3v) is 5.53. The Kier molecular flexibility index (Phi) is 4.01. The summed E-state index contributed by atoms with van der Waals surface area (Å²) in [6.45, 7) is 1.16. The highest BCUT2D eigenvalue weighted by atomic mass is 19.1. The van der Waals surface area contributed by atoms with Gasteiger partial charge in [-0.3, -0.25) is 14.3 Å². The smallest absolute Gasteiger partial charge is 0.253 e. The molecule has 2 saturated heterocycles. The molecule has 0 aliphatic carbocycles. The molecule has 3 heterocycles. The molecule has 1 aromatic carbocycles. The first-order chi connectivity index (χ1) is 12.5. The normalized spacial score (nSPS) is 21.8.